The fraction of sp³-hybridized carbons (Fsp3) is 0.462. The molecule has 1 atom stereocenters. The van der Waals surface area contributed by atoms with Crippen LogP contribution < -0.4 is 5.32 Å². The first-order chi connectivity index (χ1) is 8.35. The van der Waals surface area contributed by atoms with Gasteiger partial charge in [-0.1, -0.05) is 0 Å². The zero-order valence-electron chi connectivity index (χ0n) is 10.9. The van der Waals surface area contributed by atoms with E-state index in [4.69, 9.17) is 0 Å². The van der Waals surface area contributed by atoms with E-state index in [-0.39, 0.29) is 18.2 Å². The second-order valence-electron chi connectivity index (χ2n) is 4.61. The van der Waals surface area contributed by atoms with Crippen LogP contribution in [0, 0.1) is 6.92 Å². The van der Waals surface area contributed by atoms with E-state index in [0.717, 1.165) is 0 Å². The Morgan fingerprint density at radius 1 is 1.50 bits per heavy atom. The first-order valence-electron chi connectivity index (χ1n) is 5.65. The maximum Gasteiger partial charge on any atom is 0.251 e. The second-order valence-corrected chi connectivity index (χ2v) is 5.48. The van der Waals surface area contributed by atoms with Crippen LogP contribution in [-0.4, -0.2) is 40.3 Å². The molecule has 0 radical (unpaired) electrons. The van der Waals surface area contributed by atoms with Crippen molar-refractivity contribution in [3.8, 4) is 5.75 Å². The normalized spacial score (nSPS) is 14.0. The Balaban J connectivity index is 2.63. The Hall–Kier alpha value is -1.20. The van der Waals surface area contributed by atoms with E-state index in [1.807, 2.05) is 6.26 Å². The van der Waals surface area contributed by atoms with Crippen LogP contribution in [0.25, 0.3) is 0 Å². The molecule has 100 valence electrons. The maximum absolute atomic E-state index is 11.8. The van der Waals surface area contributed by atoms with Gasteiger partial charge in [-0.05, 0) is 43.9 Å². The summed E-state index contributed by atoms with van der Waals surface area (Å²) in [5.41, 5.74) is 0.213. The summed E-state index contributed by atoms with van der Waals surface area (Å²) in [5.74, 6) is 0.474. The molecular weight excluding hydrogens is 250 g/mol. The van der Waals surface area contributed by atoms with Crippen molar-refractivity contribution < 1.29 is 15.0 Å². The number of nitrogens with one attached hydrogen (secondary N) is 1. The van der Waals surface area contributed by atoms with Crippen LogP contribution in [0.1, 0.15) is 22.8 Å². The average molecular weight is 269 g/mol. The largest absolute Gasteiger partial charge is 0.508 e. The van der Waals surface area contributed by atoms with E-state index in [2.05, 4.69) is 5.32 Å². The van der Waals surface area contributed by atoms with Gasteiger partial charge in [0.05, 0.1) is 5.60 Å². The lowest BCUT2D eigenvalue weighted by Crippen LogP contribution is -2.42. The summed E-state index contributed by atoms with van der Waals surface area (Å²) in [6, 6.07) is 4.67. The summed E-state index contributed by atoms with van der Waals surface area (Å²) in [5, 5.41) is 22.0. The first kappa shape index (κ1) is 14.9. The van der Waals surface area contributed by atoms with Crippen molar-refractivity contribution >= 4 is 17.7 Å². The van der Waals surface area contributed by atoms with Crippen molar-refractivity contribution in [3.05, 3.63) is 29.3 Å². The Labute approximate surface area is 111 Å². The summed E-state index contributed by atoms with van der Waals surface area (Å²) in [6.45, 7) is 3.62. The molecule has 3 N–H and O–H groups in total. The van der Waals surface area contributed by atoms with Crippen LogP contribution in [0.15, 0.2) is 18.2 Å². The number of phenols is 1. The molecule has 1 aromatic carbocycles. The van der Waals surface area contributed by atoms with E-state index < -0.39 is 5.60 Å². The van der Waals surface area contributed by atoms with E-state index >= 15 is 0 Å². The van der Waals surface area contributed by atoms with Gasteiger partial charge in [0.25, 0.3) is 5.91 Å². The third-order valence-corrected chi connectivity index (χ3v) is 3.45. The lowest BCUT2D eigenvalue weighted by atomic mass is 10.1. The molecule has 0 aromatic heterocycles. The Kier molecular flexibility index (Phi) is 5.04. The van der Waals surface area contributed by atoms with Crippen LogP contribution in [0.2, 0.25) is 0 Å². The third kappa shape index (κ3) is 4.23. The molecule has 0 fully saturated rings. The second kappa shape index (κ2) is 6.11. The molecule has 0 aliphatic heterocycles. The summed E-state index contributed by atoms with van der Waals surface area (Å²) in [7, 11) is 0. The Morgan fingerprint density at radius 2 is 2.17 bits per heavy atom. The minimum Gasteiger partial charge on any atom is -0.508 e. The summed E-state index contributed by atoms with van der Waals surface area (Å²) < 4.78 is 0. The number of carbonyl (C=O) groups excluding carboxylic acids is 1. The fourth-order valence-electron chi connectivity index (χ4n) is 1.53. The molecule has 1 amide bonds. The van der Waals surface area contributed by atoms with Gasteiger partial charge in [-0.25, -0.2) is 0 Å². The number of hydrogen-bond donors (Lipinski definition) is 3. The highest BCUT2D eigenvalue weighted by atomic mass is 32.2. The molecule has 0 saturated carbocycles. The van der Waals surface area contributed by atoms with Gasteiger partial charge in [-0.2, -0.15) is 11.8 Å². The van der Waals surface area contributed by atoms with Gasteiger partial charge in [0.2, 0.25) is 0 Å². The number of thioether (sulfide) groups is 1. The lowest BCUT2D eigenvalue weighted by Gasteiger charge is -2.22. The monoisotopic (exact) mass is 269 g/mol. The summed E-state index contributed by atoms with van der Waals surface area (Å²) in [6.07, 6.45) is 1.90. The average Bonchev–Trinajstić information content (AvgIpc) is 2.30. The predicted molar refractivity (Wildman–Crippen MR) is 74.2 cm³/mol. The van der Waals surface area contributed by atoms with Gasteiger partial charge < -0.3 is 15.5 Å². The Bertz CT molecular complexity index is 432. The predicted octanol–water partition coefficient (Wildman–Crippen LogP) is 1.54. The van der Waals surface area contributed by atoms with E-state index in [1.165, 1.54) is 17.8 Å². The minimum atomic E-state index is -0.916. The van der Waals surface area contributed by atoms with Crippen molar-refractivity contribution in [1.29, 1.82) is 0 Å². The van der Waals surface area contributed by atoms with Crippen LogP contribution in [-0.2, 0) is 0 Å². The van der Waals surface area contributed by atoms with Crippen molar-refractivity contribution in [1.82, 2.24) is 5.32 Å². The maximum atomic E-state index is 11.8. The molecule has 4 nitrogen and oxygen atoms in total. The van der Waals surface area contributed by atoms with Crippen LogP contribution >= 0.6 is 11.8 Å². The van der Waals surface area contributed by atoms with E-state index in [1.54, 1.807) is 26.0 Å². The molecule has 18 heavy (non-hydrogen) atoms. The molecule has 1 aromatic rings. The molecule has 0 bridgehead atoms. The van der Waals surface area contributed by atoms with Gasteiger partial charge in [0, 0.05) is 17.9 Å². The number of phenolic OH excluding ortho intramolecular Hbond substituents is 1. The lowest BCUT2D eigenvalue weighted by molar-refractivity contribution is 0.0725. The number of carbonyl (C=O) groups is 1. The number of hydrogen-bond acceptors (Lipinski definition) is 4. The molecular formula is C13H19NO3S. The van der Waals surface area contributed by atoms with Crippen LogP contribution in [0.5, 0.6) is 5.75 Å². The molecule has 0 spiro atoms. The molecule has 0 saturated heterocycles. The highest BCUT2D eigenvalue weighted by Gasteiger charge is 2.20. The number of rotatable bonds is 5. The zero-order chi connectivity index (χ0) is 13.8. The molecule has 5 heteroatoms. The minimum absolute atomic E-state index is 0.168. The number of benzene rings is 1. The van der Waals surface area contributed by atoms with Crippen molar-refractivity contribution in [3.63, 3.8) is 0 Å². The van der Waals surface area contributed by atoms with Crippen molar-refractivity contribution in [2.45, 2.75) is 19.4 Å². The van der Waals surface area contributed by atoms with Crippen LogP contribution in [0.3, 0.4) is 0 Å². The molecule has 1 unspecified atom stereocenters. The van der Waals surface area contributed by atoms with Gasteiger partial charge in [0.15, 0.2) is 0 Å². The zero-order valence-corrected chi connectivity index (χ0v) is 11.7. The smallest absolute Gasteiger partial charge is 0.251 e. The molecule has 0 heterocycles. The van der Waals surface area contributed by atoms with Gasteiger partial charge in [-0.15, -0.1) is 0 Å². The van der Waals surface area contributed by atoms with E-state index in [9.17, 15) is 15.0 Å². The molecule has 1 rings (SSSR count). The van der Waals surface area contributed by atoms with Crippen molar-refractivity contribution in [2.24, 2.45) is 0 Å². The van der Waals surface area contributed by atoms with Crippen molar-refractivity contribution in [2.75, 3.05) is 18.6 Å². The van der Waals surface area contributed by atoms with Gasteiger partial charge >= 0.3 is 0 Å². The highest BCUT2D eigenvalue weighted by molar-refractivity contribution is 7.98. The SMILES string of the molecule is CSCC(C)(O)CNC(=O)c1ccc(O)c(C)c1. The summed E-state index contributed by atoms with van der Waals surface area (Å²) >= 11 is 1.53. The summed E-state index contributed by atoms with van der Waals surface area (Å²) in [4.78, 5) is 11.8. The topological polar surface area (TPSA) is 69.6 Å². The quantitative estimate of drug-likeness (QED) is 0.758. The molecule has 0 aliphatic rings. The number of amides is 1. The number of aliphatic hydroxyl groups is 1. The number of aromatic hydroxyl groups is 1. The third-order valence-electron chi connectivity index (χ3n) is 2.54. The van der Waals surface area contributed by atoms with Gasteiger partial charge in [-0.3, -0.25) is 4.79 Å². The molecule has 0 aliphatic carbocycles. The van der Waals surface area contributed by atoms with Crippen LogP contribution in [0.4, 0.5) is 0 Å². The fourth-order valence-corrected chi connectivity index (χ4v) is 2.26. The first-order valence-corrected chi connectivity index (χ1v) is 7.04. The highest BCUT2D eigenvalue weighted by Crippen LogP contribution is 2.17. The number of aryl methyl sites for hydroxylation is 1. The Morgan fingerprint density at radius 3 is 2.72 bits per heavy atom. The van der Waals surface area contributed by atoms with E-state index in [0.29, 0.717) is 16.9 Å². The van der Waals surface area contributed by atoms with Gasteiger partial charge in [0.1, 0.15) is 5.75 Å². The standard InChI is InChI=1S/C13H19NO3S/c1-9-6-10(4-5-11(9)15)12(16)14-7-13(2,17)8-18-3/h4-6,15,17H,7-8H2,1-3H3,(H,14,16).